The van der Waals surface area contributed by atoms with E-state index >= 15 is 0 Å². The average molecular weight is 416 g/mol. The van der Waals surface area contributed by atoms with Crippen LogP contribution in [0.4, 0.5) is 4.79 Å². The summed E-state index contributed by atoms with van der Waals surface area (Å²) in [4.78, 5) is 29.0. The summed E-state index contributed by atoms with van der Waals surface area (Å²) in [6.45, 7) is 12.7. The molecule has 2 amide bonds. The zero-order valence-electron chi connectivity index (χ0n) is 18.9. The third kappa shape index (κ3) is 6.73. The second kappa shape index (κ2) is 9.82. The van der Waals surface area contributed by atoms with Crippen molar-refractivity contribution in [3.8, 4) is 0 Å². The lowest BCUT2D eigenvalue weighted by molar-refractivity contribution is -0.126. The number of rotatable bonds is 5. The van der Waals surface area contributed by atoms with E-state index in [-0.39, 0.29) is 17.9 Å². The molecule has 0 bridgehead atoms. The Hall–Kier alpha value is -2.08. The quantitative estimate of drug-likeness (QED) is 0.798. The second-order valence-electron chi connectivity index (χ2n) is 9.86. The van der Waals surface area contributed by atoms with E-state index in [0.717, 1.165) is 32.6 Å². The van der Waals surface area contributed by atoms with E-state index < -0.39 is 5.60 Å². The van der Waals surface area contributed by atoms with E-state index in [4.69, 9.17) is 4.74 Å². The molecular formula is C24H37N3O3. The predicted octanol–water partition coefficient (Wildman–Crippen LogP) is 3.58. The van der Waals surface area contributed by atoms with Crippen LogP contribution in [-0.4, -0.2) is 60.1 Å². The number of aryl methyl sites for hydroxylation is 1. The van der Waals surface area contributed by atoms with Gasteiger partial charge in [0.25, 0.3) is 0 Å². The molecule has 6 heteroatoms. The summed E-state index contributed by atoms with van der Waals surface area (Å²) < 4.78 is 5.43. The van der Waals surface area contributed by atoms with E-state index in [2.05, 4.69) is 41.4 Å². The molecule has 0 spiro atoms. The van der Waals surface area contributed by atoms with Gasteiger partial charge in [-0.25, -0.2) is 4.79 Å². The highest BCUT2D eigenvalue weighted by molar-refractivity contribution is 5.79. The number of hydrogen-bond donors (Lipinski definition) is 1. The summed E-state index contributed by atoms with van der Waals surface area (Å²) >= 11 is 0. The number of carbonyl (C=O) groups is 2. The number of nitrogens with one attached hydrogen (secondary N) is 1. The van der Waals surface area contributed by atoms with Crippen molar-refractivity contribution in [2.75, 3.05) is 32.7 Å². The Kier molecular flexibility index (Phi) is 7.40. The van der Waals surface area contributed by atoms with Gasteiger partial charge in [-0.05, 0) is 65.0 Å². The van der Waals surface area contributed by atoms with Crippen LogP contribution in [0.3, 0.4) is 0 Å². The van der Waals surface area contributed by atoms with Crippen molar-refractivity contribution in [1.82, 2.24) is 15.1 Å². The predicted molar refractivity (Wildman–Crippen MR) is 118 cm³/mol. The smallest absolute Gasteiger partial charge is 0.410 e. The van der Waals surface area contributed by atoms with Crippen molar-refractivity contribution >= 4 is 12.0 Å². The number of hydrogen-bond acceptors (Lipinski definition) is 4. The highest BCUT2D eigenvalue weighted by atomic mass is 16.6. The van der Waals surface area contributed by atoms with Crippen LogP contribution < -0.4 is 5.32 Å². The maximum atomic E-state index is 12.6. The number of ether oxygens (including phenoxy) is 1. The topological polar surface area (TPSA) is 61.9 Å². The molecule has 1 N–H and O–H groups in total. The molecule has 30 heavy (non-hydrogen) atoms. The summed E-state index contributed by atoms with van der Waals surface area (Å²) in [5.74, 6) is 0.644. The van der Waals surface area contributed by atoms with Crippen LogP contribution in [0.1, 0.15) is 51.2 Å². The van der Waals surface area contributed by atoms with Crippen molar-refractivity contribution in [3.05, 3.63) is 35.4 Å². The van der Waals surface area contributed by atoms with Crippen molar-refractivity contribution in [3.63, 3.8) is 0 Å². The first-order chi connectivity index (χ1) is 14.2. The Balaban J connectivity index is 1.35. The van der Waals surface area contributed by atoms with Gasteiger partial charge in [0.05, 0.1) is 0 Å². The van der Waals surface area contributed by atoms with Gasteiger partial charge < -0.3 is 15.0 Å². The van der Waals surface area contributed by atoms with Gasteiger partial charge in [-0.3, -0.25) is 9.69 Å². The molecule has 1 aromatic carbocycles. The van der Waals surface area contributed by atoms with Gasteiger partial charge in [0.1, 0.15) is 5.60 Å². The molecule has 2 aliphatic heterocycles. The number of carbonyl (C=O) groups excluding carboxylic acids is 2. The molecule has 1 aromatic rings. The van der Waals surface area contributed by atoms with E-state index in [9.17, 15) is 9.59 Å². The zero-order chi connectivity index (χ0) is 21.7. The van der Waals surface area contributed by atoms with Gasteiger partial charge in [-0.2, -0.15) is 0 Å². The minimum Gasteiger partial charge on any atom is -0.444 e. The van der Waals surface area contributed by atoms with Crippen molar-refractivity contribution in [2.45, 2.75) is 59.1 Å². The summed E-state index contributed by atoms with van der Waals surface area (Å²) in [7, 11) is 0. The monoisotopic (exact) mass is 415 g/mol. The van der Waals surface area contributed by atoms with Crippen LogP contribution in [0.2, 0.25) is 0 Å². The van der Waals surface area contributed by atoms with Gasteiger partial charge in [-0.1, -0.05) is 29.8 Å². The van der Waals surface area contributed by atoms with E-state index in [1.165, 1.54) is 11.1 Å². The molecule has 0 radical (unpaired) electrons. The molecule has 2 fully saturated rings. The fourth-order valence-corrected chi connectivity index (χ4v) is 4.21. The summed E-state index contributed by atoms with van der Waals surface area (Å²) in [5.41, 5.74) is 2.15. The molecule has 2 aliphatic rings. The number of nitrogens with zero attached hydrogens (tertiary/aromatic N) is 2. The van der Waals surface area contributed by atoms with Crippen LogP contribution >= 0.6 is 0 Å². The maximum absolute atomic E-state index is 12.6. The molecule has 0 aromatic heterocycles. The van der Waals surface area contributed by atoms with E-state index in [1.807, 2.05) is 20.8 Å². The first kappa shape index (κ1) is 22.6. The third-order valence-corrected chi connectivity index (χ3v) is 5.98. The normalized spacial score (nSPS) is 20.9. The zero-order valence-corrected chi connectivity index (χ0v) is 18.9. The molecule has 3 rings (SSSR count). The minimum atomic E-state index is -0.486. The summed E-state index contributed by atoms with van der Waals surface area (Å²) in [6.07, 6.45) is 2.26. The molecule has 0 aliphatic carbocycles. The average Bonchev–Trinajstić information content (AvgIpc) is 3.14. The third-order valence-electron chi connectivity index (χ3n) is 5.98. The van der Waals surface area contributed by atoms with Crippen molar-refractivity contribution < 1.29 is 14.3 Å². The fourth-order valence-electron chi connectivity index (χ4n) is 4.21. The first-order valence-electron chi connectivity index (χ1n) is 11.2. The highest BCUT2D eigenvalue weighted by Crippen LogP contribution is 2.21. The van der Waals surface area contributed by atoms with Crippen molar-refractivity contribution in [1.29, 1.82) is 0 Å². The maximum Gasteiger partial charge on any atom is 0.410 e. The van der Waals surface area contributed by atoms with Crippen LogP contribution in [-0.2, 0) is 16.1 Å². The number of benzene rings is 1. The molecule has 2 saturated heterocycles. The molecule has 1 atom stereocenters. The molecule has 6 nitrogen and oxygen atoms in total. The van der Waals surface area contributed by atoms with Crippen LogP contribution in [0.5, 0.6) is 0 Å². The number of amides is 2. The standard InChI is InChI=1S/C24H37N3O3/c1-18-5-7-19(8-6-18)16-26-12-9-20(17-26)15-25-22(28)21-10-13-27(14-11-21)23(29)30-24(2,3)4/h5-8,20-21H,9-17H2,1-4H3,(H,25,28). The lowest BCUT2D eigenvalue weighted by Crippen LogP contribution is -2.45. The second-order valence-corrected chi connectivity index (χ2v) is 9.86. The Morgan fingerprint density at radius 2 is 1.73 bits per heavy atom. The highest BCUT2D eigenvalue weighted by Gasteiger charge is 2.30. The Morgan fingerprint density at radius 1 is 1.07 bits per heavy atom. The Labute approximate surface area is 180 Å². The SMILES string of the molecule is Cc1ccc(CN2CCC(CNC(=O)C3CCN(C(=O)OC(C)(C)C)CC3)C2)cc1. The van der Waals surface area contributed by atoms with Gasteiger partial charge >= 0.3 is 6.09 Å². The lowest BCUT2D eigenvalue weighted by Gasteiger charge is -2.33. The number of likely N-dealkylation sites (tertiary alicyclic amines) is 2. The van der Waals surface area contributed by atoms with Crippen LogP contribution in [0.15, 0.2) is 24.3 Å². The molecule has 2 heterocycles. The van der Waals surface area contributed by atoms with E-state index in [1.54, 1.807) is 4.90 Å². The summed E-state index contributed by atoms with van der Waals surface area (Å²) in [6, 6.07) is 8.73. The van der Waals surface area contributed by atoms with Gasteiger partial charge in [-0.15, -0.1) is 0 Å². The molecule has 0 saturated carbocycles. The molecule has 166 valence electrons. The van der Waals surface area contributed by atoms with Gasteiger partial charge in [0.2, 0.25) is 5.91 Å². The van der Waals surface area contributed by atoms with Crippen LogP contribution in [0.25, 0.3) is 0 Å². The van der Waals surface area contributed by atoms with Gasteiger partial charge in [0.15, 0.2) is 0 Å². The number of piperidine rings is 1. The first-order valence-corrected chi connectivity index (χ1v) is 11.2. The lowest BCUT2D eigenvalue weighted by atomic mass is 9.96. The van der Waals surface area contributed by atoms with Crippen LogP contribution in [0, 0.1) is 18.8 Å². The minimum absolute atomic E-state index is 0.00579. The Morgan fingerprint density at radius 3 is 2.37 bits per heavy atom. The van der Waals surface area contributed by atoms with E-state index in [0.29, 0.717) is 31.8 Å². The molecular weight excluding hydrogens is 378 g/mol. The van der Waals surface area contributed by atoms with Crippen molar-refractivity contribution in [2.24, 2.45) is 11.8 Å². The van der Waals surface area contributed by atoms with Gasteiger partial charge in [0, 0.05) is 38.6 Å². The summed E-state index contributed by atoms with van der Waals surface area (Å²) in [5, 5.41) is 3.17. The fraction of sp³-hybridized carbons (Fsp3) is 0.667. The largest absolute Gasteiger partial charge is 0.444 e. The molecule has 1 unspecified atom stereocenters. The Bertz CT molecular complexity index is 718.